The molecule has 2 aromatic heterocycles. The predicted octanol–water partition coefficient (Wildman–Crippen LogP) is 0.828. The molecule has 0 unspecified atom stereocenters. The van der Waals surface area contributed by atoms with E-state index in [1.54, 1.807) is 18.5 Å². The van der Waals surface area contributed by atoms with Crippen molar-refractivity contribution in [1.29, 1.82) is 0 Å². The van der Waals surface area contributed by atoms with Gasteiger partial charge in [0.2, 0.25) is 5.78 Å². The third-order valence-corrected chi connectivity index (χ3v) is 1.91. The van der Waals surface area contributed by atoms with Gasteiger partial charge in [-0.3, -0.25) is 9.20 Å². The van der Waals surface area contributed by atoms with Crippen molar-refractivity contribution in [3.63, 3.8) is 0 Å². The number of hydrogen-bond donors (Lipinski definition) is 0. The highest BCUT2D eigenvalue weighted by Gasteiger charge is 2.00. The van der Waals surface area contributed by atoms with Gasteiger partial charge in [0.1, 0.15) is 0 Å². The zero-order valence-corrected chi connectivity index (χ0v) is 7.40. The smallest absolute Gasteiger partial charge is 0.259 e. The third-order valence-electron chi connectivity index (χ3n) is 1.63. The van der Waals surface area contributed by atoms with Gasteiger partial charge < -0.3 is 0 Å². The first kappa shape index (κ1) is 8.19. The maximum Gasteiger partial charge on any atom is 0.259 e. The van der Waals surface area contributed by atoms with Crippen molar-refractivity contribution < 1.29 is 0 Å². The van der Waals surface area contributed by atoms with Crippen LogP contribution < -0.4 is 5.56 Å². The Bertz CT molecular complexity index is 494. The van der Waals surface area contributed by atoms with E-state index in [4.69, 9.17) is 11.6 Å². The molecule has 0 aliphatic heterocycles. The quantitative estimate of drug-likeness (QED) is 0.634. The first-order chi connectivity index (χ1) is 6.31. The largest absolute Gasteiger partial charge is 0.269 e. The summed E-state index contributed by atoms with van der Waals surface area (Å²) < 4.78 is 1.37. The summed E-state index contributed by atoms with van der Waals surface area (Å²) in [6.45, 7) is 0. The molecule has 5 heteroatoms. The molecule has 2 rings (SSSR count). The molecule has 0 fully saturated rings. The summed E-state index contributed by atoms with van der Waals surface area (Å²) in [5.74, 6) is 0.605. The van der Waals surface area contributed by atoms with E-state index in [1.807, 2.05) is 0 Å². The Morgan fingerprint density at radius 1 is 1.54 bits per heavy atom. The maximum absolute atomic E-state index is 11.4. The van der Waals surface area contributed by atoms with Crippen LogP contribution in [0, 0.1) is 0 Å². The van der Waals surface area contributed by atoms with Gasteiger partial charge in [0, 0.05) is 18.5 Å². The van der Waals surface area contributed by atoms with Crippen molar-refractivity contribution >= 4 is 17.4 Å². The lowest BCUT2D eigenvalue weighted by atomic mass is 10.4. The van der Waals surface area contributed by atoms with Gasteiger partial charge in [0.05, 0.1) is 11.6 Å². The molecular weight excluding hydrogens is 190 g/mol. The number of hydrogen-bond acceptors (Lipinski definition) is 3. The van der Waals surface area contributed by atoms with Crippen LogP contribution in [-0.2, 0) is 5.88 Å². The minimum atomic E-state index is -0.159. The lowest BCUT2D eigenvalue weighted by Crippen LogP contribution is -2.15. The molecule has 0 atom stereocenters. The number of rotatable bonds is 1. The molecule has 0 aromatic carbocycles. The Morgan fingerprint density at radius 3 is 3.15 bits per heavy atom. The molecule has 2 aromatic rings. The van der Waals surface area contributed by atoms with E-state index in [2.05, 4.69) is 9.97 Å². The van der Waals surface area contributed by atoms with Crippen LogP contribution in [0.25, 0.3) is 5.78 Å². The molecule has 4 nitrogen and oxygen atoms in total. The fraction of sp³-hybridized carbons (Fsp3) is 0.125. The normalized spacial score (nSPS) is 10.5. The SMILES string of the molecule is O=c1cc(CCl)nc2ncccn12. The average Bonchev–Trinajstić information content (AvgIpc) is 2.18. The zero-order valence-electron chi connectivity index (χ0n) is 6.64. The average molecular weight is 196 g/mol. The fourth-order valence-electron chi connectivity index (χ4n) is 1.06. The zero-order chi connectivity index (χ0) is 9.26. The Balaban J connectivity index is 2.85. The number of halogens is 1. The maximum atomic E-state index is 11.4. The Hall–Kier alpha value is -1.42. The molecule has 0 spiro atoms. The lowest BCUT2D eigenvalue weighted by Gasteiger charge is -1.98. The first-order valence-corrected chi connectivity index (χ1v) is 4.24. The van der Waals surface area contributed by atoms with Crippen molar-refractivity contribution in [2.75, 3.05) is 0 Å². The van der Waals surface area contributed by atoms with Crippen molar-refractivity contribution in [2.45, 2.75) is 5.88 Å². The predicted molar refractivity (Wildman–Crippen MR) is 48.8 cm³/mol. The van der Waals surface area contributed by atoms with Crippen LogP contribution in [0.1, 0.15) is 5.69 Å². The molecule has 0 amide bonds. The summed E-state index contributed by atoms with van der Waals surface area (Å²) in [5.41, 5.74) is 0.388. The van der Waals surface area contributed by atoms with Crippen LogP contribution in [0.3, 0.4) is 0 Å². The van der Waals surface area contributed by atoms with Crippen LogP contribution in [0.2, 0.25) is 0 Å². The number of aromatic nitrogens is 3. The topological polar surface area (TPSA) is 47.3 Å². The van der Waals surface area contributed by atoms with Gasteiger partial charge in [-0.25, -0.2) is 9.97 Å². The summed E-state index contributed by atoms with van der Waals surface area (Å²) in [5, 5.41) is 0. The minimum absolute atomic E-state index is 0.159. The van der Waals surface area contributed by atoms with Gasteiger partial charge in [-0.1, -0.05) is 0 Å². The van der Waals surface area contributed by atoms with Crippen molar-refractivity contribution in [1.82, 2.24) is 14.4 Å². The van der Waals surface area contributed by atoms with Gasteiger partial charge in [0.15, 0.2) is 0 Å². The number of alkyl halides is 1. The molecule has 0 N–H and O–H groups in total. The van der Waals surface area contributed by atoms with Crippen LogP contribution in [0.5, 0.6) is 0 Å². The molecule has 0 saturated carbocycles. The molecule has 2 heterocycles. The first-order valence-electron chi connectivity index (χ1n) is 3.70. The Morgan fingerprint density at radius 2 is 2.38 bits per heavy atom. The highest BCUT2D eigenvalue weighted by Crippen LogP contribution is 1.97. The van der Waals surface area contributed by atoms with E-state index in [9.17, 15) is 4.79 Å². The van der Waals surface area contributed by atoms with E-state index in [-0.39, 0.29) is 11.4 Å². The molecule has 0 aliphatic rings. The van der Waals surface area contributed by atoms with Gasteiger partial charge in [-0.15, -0.1) is 11.6 Å². The van der Waals surface area contributed by atoms with Gasteiger partial charge >= 0.3 is 0 Å². The van der Waals surface area contributed by atoms with Crippen LogP contribution >= 0.6 is 11.6 Å². The van der Waals surface area contributed by atoms with E-state index >= 15 is 0 Å². The third kappa shape index (κ3) is 1.40. The second-order valence-corrected chi connectivity index (χ2v) is 2.78. The monoisotopic (exact) mass is 195 g/mol. The number of fused-ring (bicyclic) bond motifs is 1. The molecule has 0 radical (unpaired) electrons. The molecular formula is C8H6ClN3O. The van der Waals surface area contributed by atoms with Crippen molar-refractivity contribution in [3.8, 4) is 0 Å². The Labute approximate surface area is 78.8 Å². The molecule has 0 saturated heterocycles. The second-order valence-electron chi connectivity index (χ2n) is 2.51. The van der Waals surface area contributed by atoms with Gasteiger partial charge in [-0.2, -0.15) is 0 Å². The highest BCUT2D eigenvalue weighted by molar-refractivity contribution is 6.16. The van der Waals surface area contributed by atoms with E-state index < -0.39 is 0 Å². The summed E-state index contributed by atoms with van der Waals surface area (Å²) in [7, 11) is 0. The lowest BCUT2D eigenvalue weighted by molar-refractivity contribution is 0.968. The molecule has 0 bridgehead atoms. The summed E-state index contributed by atoms with van der Waals surface area (Å²) >= 11 is 5.56. The summed E-state index contributed by atoms with van der Waals surface area (Å²) in [4.78, 5) is 19.4. The van der Waals surface area contributed by atoms with Crippen LogP contribution in [0.15, 0.2) is 29.3 Å². The van der Waals surface area contributed by atoms with Crippen molar-refractivity contribution in [2.24, 2.45) is 0 Å². The minimum Gasteiger partial charge on any atom is -0.269 e. The van der Waals surface area contributed by atoms with Crippen molar-refractivity contribution in [3.05, 3.63) is 40.6 Å². The highest BCUT2D eigenvalue weighted by atomic mass is 35.5. The molecule has 66 valence electrons. The van der Waals surface area contributed by atoms with Crippen LogP contribution in [0.4, 0.5) is 0 Å². The van der Waals surface area contributed by atoms with Gasteiger partial charge in [-0.05, 0) is 6.07 Å². The molecule has 0 aliphatic carbocycles. The fourth-order valence-corrected chi connectivity index (χ4v) is 1.20. The van der Waals surface area contributed by atoms with E-state index in [0.29, 0.717) is 11.5 Å². The molecule has 13 heavy (non-hydrogen) atoms. The number of nitrogens with zero attached hydrogens (tertiary/aromatic N) is 3. The van der Waals surface area contributed by atoms with Crippen LogP contribution in [-0.4, -0.2) is 14.4 Å². The summed E-state index contributed by atoms with van der Waals surface area (Å²) in [6, 6.07) is 3.08. The standard InChI is InChI=1S/C8H6ClN3O/c9-5-6-4-7(13)12-3-1-2-10-8(12)11-6/h1-4H,5H2. The van der Waals surface area contributed by atoms with E-state index in [0.717, 1.165) is 0 Å². The van der Waals surface area contributed by atoms with Gasteiger partial charge in [0.25, 0.3) is 5.56 Å². The Kier molecular flexibility index (Phi) is 1.98. The van der Waals surface area contributed by atoms with E-state index in [1.165, 1.54) is 10.5 Å². The second kappa shape index (κ2) is 3.14. The summed E-state index contributed by atoms with van der Waals surface area (Å²) in [6.07, 6.45) is 3.20.